The Morgan fingerprint density at radius 3 is 1.02 bits per heavy atom. The molecule has 0 bridgehead atoms. The molecule has 0 rings (SSSR count). The van der Waals surface area contributed by atoms with E-state index in [1.165, 1.54) is 96.3 Å². The molecule has 270 valence electrons. The largest absolute Gasteiger partial charge is 0.481 e. The predicted molar refractivity (Wildman–Crippen MR) is 191 cm³/mol. The Morgan fingerprint density at radius 2 is 0.739 bits per heavy atom. The average molecular weight is 653 g/mol. The summed E-state index contributed by atoms with van der Waals surface area (Å²) in [6, 6.07) is 0. The van der Waals surface area contributed by atoms with E-state index in [1.807, 2.05) is 20.8 Å². The van der Waals surface area contributed by atoms with Gasteiger partial charge in [-0.1, -0.05) is 130 Å². The number of allylic oxidation sites excluding steroid dienone is 2. The first-order valence-electron chi connectivity index (χ1n) is 19.3. The molecule has 0 aromatic rings. The topological polar surface area (TPSA) is 112 Å². The van der Waals surface area contributed by atoms with Gasteiger partial charge in [0.25, 0.3) is 0 Å². The van der Waals surface area contributed by atoms with Crippen LogP contribution in [0.15, 0.2) is 12.2 Å². The molecule has 3 unspecified atom stereocenters. The molecule has 0 aromatic heterocycles. The lowest BCUT2D eigenvalue weighted by Gasteiger charge is -2.43. The van der Waals surface area contributed by atoms with E-state index in [2.05, 4.69) is 19.1 Å². The number of hydrogen-bond donors (Lipinski definition) is 3. The van der Waals surface area contributed by atoms with Gasteiger partial charge < -0.3 is 19.8 Å². The third-order valence-electron chi connectivity index (χ3n) is 9.99. The van der Waals surface area contributed by atoms with Crippen LogP contribution in [-0.2, 0) is 14.4 Å². The summed E-state index contributed by atoms with van der Waals surface area (Å²) in [6.07, 6.45) is 31.5. The monoisotopic (exact) mass is 653 g/mol. The standard InChI is InChI=1S/C39H73NO6/c1-5-9-10-11-12-13-14-15-16-17-18-19-20-21-22-23-24-25-26-27-28-29-30-40(31-34(6-2)37(41)42,32-35(7-3)38(43)44)33-36(8-4)39(45)46/h24-25,34-36H,5-23,26-33H2,1-4H3,(H2-,41,42,43,44,45,46)/p+1/b25-24+. The minimum atomic E-state index is -0.893. The number of unbranched alkanes of at least 4 members (excludes halogenated alkanes) is 18. The van der Waals surface area contributed by atoms with E-state index in [-0.39, 0.29) is 24.1 Å². The fourth-order valence-corrected chi connectivity index (χ4v) is 6.80. The molecular weight excluding hydrogens is 578 g/mol. The van der Waals surface area contributed by atoms with Gasteiger partial charge >= 0.3 is 17.9 Å². The van der Waals surface area contributed by atoms with Gasteiger partial charge in [-0.3, -0.25) is 14.4 Å². The van der Waals surface area contributed by atoms with E-state index in [1.54, 1.807) is 0 Å². The second-order valence-corrected chi connectivity index (χ2v) is 14.0. The summed E-state index contributed by atoms with van der Waals surface area (Å²) in [5.41, 5.74) is 0. The van der Waals surface area contributed by atoms with Crippen LogP contribution in [0, 0.1) is 17.8 Å². The Hall–Kier alpha value is -1.89. The minimum Gasteiger partial charge on any atom is -0.481 e. The molecule has 0 spiro atoms. The molecule has 0 aliphatic rings. The fourth-order valence-electron chi connectivity index (χ4n) is 6.80. The van der Waals surface area contributed by atoms with Crippen LogP contribution in [0.3, 0.4) is 0 Å². The van der Waals surface area contributed by atoms with Gasteiger partial charge in [0.05, 0.1) is 26.2 Å². The van der Waals surface area contributed by atoms with E-state index in [0.29, 0.717) is 25.8 Å². The SMILES string of the molecule is CCCCCCCCCCCCCCCCC/C=C/CCCCC[N+](CC(CC)C(=O)O)(CC(CC)C(=O)O)CC(CC)C(=O)O. The van der Waals surface area contributed by atoms with E-state index in [9.17, 15) is 29.7 Å². The molecule has 3 atom stereocenters. The first-order chi connectivity index (χ1) is 22.2. The normalized spacial score (nSPS) is 15.0. The van der Waals surface area contributed by atoms with Crippen molar-refractivity contribution in [3.05, 3.63) is 12.2 Å². The maximum atomic E-state index is 12.0. The lowest BCUT2D eigenvalue weighted by Crippen LogP contribution is -2.58. The highest BCUT2D eigenvalue weighted by Crippen LogP contribution is 2.25. The average Bonchev–Trinajstić information content (AvgIpc) is 3.03. The maximum absolute atomic E-state index is 12.0. The van der Waals surface area contributed by atoms with Gasteiger partial charge in [0.1, 0.15) is 17.8 Å². The van der Waals surface area contributed by atoms with Gasteiger partial charge in [0, 0.05) is 0 Å². The quantitative estimate of drug-likeness (QED) is 0.0362. The summed E-state index contributed by atoms with van der Waals surface area (Å²) < 4.78 is 0.245. The molecule has 0 fully saturated rings. The van der Waals surface area contributed by atoms with Gasteiger partial charge in [-0.25, -0.2) is 0 Å². The number of hydrogen-bond acceptors (Lipinski definition) is 3. The van der Waals surface area contributed by atoms with Crippen LogP contribution in [0.5, 0.6) is 0 Å². The van der Waals surface area contributed by atoms with Crippen molar-refractivity contribution in [3.63, 3.8) is 0 Å². The van der Waals surface area contributed by atoms with Crippen LogP contribution in [0.25, 0.3) is 0 Å². The predicted octanol–water partition coefficient (Wildman–Crippen LogP) is 10.5. The highest BCUT2D eigenvalue weighted by Gasteiger charge is 2.40. The Labute approximate surface area is 283 Å². The van der Waals surface area contributed by atoms with Crippen LogP contribution in [0.2, 0.25) is 0 Å². The van der Waals surface area contributed by atoms with Crippen LogP contribution < -0.4 is 0 Å². The summed E-state index contributed by atoms with van der Waals surface area (Å²) in [7, 11) is 0. The van der Waals surface area contributed by atoms with E-state index >= 15 is 0 Å². The lowest BCUT2D eigenvalue weighted by atomic mass is 9.95. The molecule has 0 aliphatic carbocycles. The van der Waals surface area contributed by atoms with Crippen molar-refractivity contribution in [1.82, 2.24) is 0 Å². The summed E-state index contributed by atoms with van der Waals surface area (Å²) in [5, 5.41) is 29.5. The molecule has 0 amide bonds. The van der Waals surface area contributed by atoms with Gasteiger partial charge in [0.2, 0.25) is 0 Å². The maximum Gasteiger partial charge on any atom is 0.312 e. The summed E-state index contributed by atoms with van der Waals surface area (Å²) in [5.74, 6) is -4.55. The number of nitrogens with zero attached hydrogens (tertiary/aromatic N) is 1. The molecule has 0 saturated carbocycles. The Balaban J connectivity index is 4.48. The van der Waals surface area contributed by atoms with Crippen molar-refractivity contribution >= 4 is 17.9 Å². The Kier molecular flexibility index (Phi) is 28.1. The van der Waals surface area contributed by atoms with E-state index < -0.39 is 35.7 Å². The van der Waals surface area contributed by atoms with Crippen molar-refractivity contribution in [2.45, 2.75) is 175 Å². The number of quaternary nitrogens is 1. The lowest BCUT2D eigenvalue weighted by molar-refractivity contribution is -0.935. The van der Waals surface area contributed by atoms with Crippen LogP contribution in [-0.4, -0.2) is 63.9 Å². The van der Waals surface area contributed by atoms with Gasteiger partial charge in [0.15, 0.2) is 0 Å². The molecular formula is C39H74NO6+. The van der Waals surface area contributed by atoms with Crippen LogP contribution in [0.1, 0.15) is 175 Å². The minimum absolute atomic E-state index is 0.245. The van der Waals surface area contributed by atoms with E-state index in [4.69, 9.17) is 0 Å². The molecule has 0 aliphatic heterocycles. The Morgan fingerprint density at radius 1 is 0.457 bits per heavy atom. The van der Waals surface area contributed by atoms with Gasteiger partial charge in [-0.2, -0.15) is 0 Å². The van der Waals surface area contributed by atoms with Crippen molar-refractivity contribution in [2.24, 2.45) is 17.8 Å². The third-order valence-corrected chi connectivity index (χ3v) is 9.99. The number of carboxylic acid groups (broad SMARTS) is 3. The zero-order valence-corrected chi connectivity index (χ0v) is 30.5. The van der Waals surface area contributed by atoms with Crippen molar-refractivity contribution < 1.29 is 34.2 Å². The summed E-state index contributed by atoms with van der Waals surface area (Å²) in [6.45, 7) is 9.22. The van der Waals surface area contributed by atoms with E-state index in [0.717, 1.165) is 32.1 Å². The second-order valence-electron chi connectivity index (χ2n) is 14.0. The van der Waals surface area contributed by atoms with Crippen molar-refractivity contribution in [1.29, 1.82) is 0 Å². The second kappa shape index (κ2) is 29.3. The molecule has 0 aromatic carbocycles. The first kappa shape index (κ1) is 44.1. The number of carbonyl (C=O) groups is 3. The zero-order chi connectivity index (χ0) is 34.5. The third kappa shape index (κ3) is 22.6. The first-order valence-corrected chi connectivity index (χ1v) is 19.3. The molecule has 7 nitrogen and oxygen atoms in total. The smallest absolute Gasteiger partial charge is 0.312 e. The highest BCUT2D eigenvalue weighted by atomic mass is 16.4. The zero-order valence-electron chi connectivity index (χ0n) is 30.5. The van der Waals surface area contributed by atoms with Crippen LogP contribution in [0.4, 0.5) is 0 Å². The molecule has 0 radical (unpaired) electrons. The molecule has 3 N–H and O–H groups in total. The summed E-state index contributed by atoms with van der Waals surface area (Å²) >= 11 is 0. The van der Waals surface area contributed by atoms with Crippen molar-refractivity contribution in [2.75, 3.05) is 26.2 Å². The fraction of sp³-hybridized carbons (Fsp3) is 0.872. The number of carboxylic acids is 3. The molecule has 46 heavy (non-hydrogen) atoms. The van der Waals surface area contributed by atoms with Crippen molar-refractivity contribution in [3.8, 4) is 0 Å². The number of rotatable bonds is 34. The Bertz CT molecular complexity index is 738. The number of aliphatic carboxylic acids is 3. The molecule has 0 saturated heterocycles. The molecule has 7 heteroatoms. The van der Waals surface area contributed by atoms with Gasteiger partial charge in [-0.05, 0) is 57.8 Å². The molecule has 0 heterocycles. The highest BCUT2D eigenvalue weighted by molar-refractivity contribution is 5.71. The summed E-state index contributed by atoms with van der Waals surface area (Å²) in [4.78, 5) is 36.0. The van der Waals surface area contributed by atoms with Crippen LogP contribution >= 0.6 is 0 Å². The van der Waals surface area contributed by atoms with Gasteiger partial charge in [-0.15, -0.1) is 0 Å².